The van der Waals surface area contributed by atoms with Gasteiger partial charge in [0.1, 0.15) is 0 Å². The number of nitrogens with one attached hydrogen (secondary N) is 1. The molecule has 24 heavy (non-hydrogen) atoms. The Hall–Kier alpha value is -2.34. The third kappa shape index (κ3) is 5.09. The van der Waals surface area contributed by atoms with E-state index in [1.54, 1.807) is 12.1 Å². The zero-order chi connectivity index (χ0) is 17.5. The number of nitro groups is 1. The Bertz CT molecular complexity index is 717. The lowest BCUT2D eigenvalue weighted by atomic mass is 10.1. The average Bonchev–Trinajstić information content (AvgIpc) is 2.55. The Morgan fingerprint density at radius 1 is 1.21 bits per heavy atom. The smallest absolute Gasteiger partial charge is 0.284 e. The minimum absolute atomic E-state index is 0.0552. The molecule has 0 aliphatic carbocycles. The van der Waals surface area contributed by atoms with Crippen molar-refractivity contribution in [1.29, 1.82) is 0 Å². The third-order valence-electron chi connectivity index (χ3n) is 3.40. The standard InChI is InChI=1S/C18H20N2O3S/c1-13(2)10-11-19-18(21)14-8-9-17(16(12-14)20(22)23)24-15-6-4-3-5-7-15/h3-9,12-13H,10-11H2,1-2H3,(H,19,21). The summed E-state index contributed by atoms with van der Waals surface area (Å²) in [6.45, 7) is 4.71. The van der Waals surface area contributed by atoms with Gasteiger partial charge in [-0.25, -0.2) is 0 Å². The number of nitro benzene ring substituents is 1. The molecule has 0 aliphatic heterocycles. The van der Waals surface area contributed by atoms with Gasteiger partial charge in [-0.05, 0) is 36.6 Å². The quantitative estimate of drug-likeness (QED) is 0.592. The molecule has 5 nitrogen and oxygen atoms in total. The van der Waals surface area contributed by atoms with Crippen molar-refractivity contribution in [3.8, 4) is 0 Å². The summed E-state index contributed by atoms with van der Waals surface area (Å²) >= 11 is 1.31. The van der Waals surface area contributed by atoms with E-state index in [1.165, 1.54) is 17.8 Å². The number of hydrogen-bond acceptors (Lipinski definition) is 4. The summed E-state index contributed by atoms with van der Waals surface area (Å²) in [7, 11) is 0. The SMILES string of the molecule is CC(C)CCNC(=O)c1ccc(Sc2ccccc2)c([N+](=O)[O-])c1. The second kappa shape index (κ2) is 8.49. The van der Waals surface area contributed by atoms with Gasteiger partial charge < -0.3 is 5.32 Å². The molecular weight excluding hydrogens is 324 g/mol. The number of amides is 1. The minimum Gasteiger partial charge on any atom is -0.352 e. The van der Waals surface area contributed by atoms with Gasteiger partial charge in [0.15, 0.2) is 0 Å². The maximum Gasteiger partial charge on any atom is 0.284 e. The van der Waals surface area contributed by atoms with Crippen LogP contribution in [0.1, 0.15) is 30.6 Å². The molecule has 2 aromatic rings. The summed E-state index contributed by atoms with van der Waals surface area (Å²) in [6.07, 6.45) is 0.871. The molecule has 2 aromatic carbocycles. The van der Waals surface area contributed by atoms with Crippen molar-refractivity contribution >= 4 is 23.4 Å². The molecule has 0 spiro atoms. The van der Waals surface area contributed by atoms with Crippen LogP contribution in [0.25, 0.3) is 0 Å². The van der Waals surface area contributed by atoms with Crippen molar-refractivity contribution in [1.82, 2.24) is 5.32 Å². The van der Waals surface area contributed by atoms with Crippen molar-refractivity contribution in [2.45, 2.75) is 30.1 Å². The van der Waals surface area contributed by atoms with Gasteiger partial charge in [0, 0.05) is 23.1 Å². The van der Waals surface area contributed by atoms with Crippen LogP contribution in [0, 0.1) is 16.0 Å². The molecular formula is C18H20N2O3S. The van der Waals surface area contributed by atoms with Crippen LogP contribution in [0.2, 0.25) is 0 Å². The highest BCUT2D eigenvalue weighted by molar-refractivity contribution is 7.99. The first-order valence-corrected chi connectivity index (χ1v) is 8.58. The monoisotopic (exact) mass is 344 g/mol. The van der Waals surface area contributed by atoms with Crippen LogP contribution < -0.4 is 5.32 Å². The Balaban J connectivity index is 2.17. The first-order valence-electron chi connectivity index (χ1n) is 7.77. The first kappa shape index (κ1) is 18.0. The lowest BCUT2D eigenvalue weighted by Gasteiger charge is -2.08. The fourth-order valence-electron chi connectivity index (χ4n) is 2.08. The van der Waals surface area contributed by atoms with Crippen molar-refractivity contribution in [2.24, 2.45) is 5.92 Å². The van der Waals surface area contributed by atoms with Crippen LogP contribution in [-0.2, 0) is 0 Å². The van der Waals surface area contributed by atoms with Gasteiger partial charge in [0.25, 0.3) is 11.6 Å². The molecule has 0 bridgehead atoms. The molecule has 0 atom stereocenters. The molecule has 0 aliphatic rings. The minimum atomic E-state index is -0.448. The topological polar surface area (TPSA) is 72.2 Å². The van der Waals surface area contributed by atoms with Crippen LogP contribution >= 0.6 is 11.8 Å². The molecule has 126 valence electrons. The Morgan fingerprint density at radius 3 is 2.54 bits per heavy atom. The van der Waals surface area contributed by atoms with Crippen molar-refractivity contribution in [2.75, 3.05) is 6.54 Å². The van der Waals surface area contributed by atoms with E-state index in [0.29, 0.717) is 22.9 Å². The van der Waals surface area contributed by atoms with Gasteiger partial charge in [-0.15, -0.1) is 0 Å². The summed E-state index contributed by atoms with van der Waals surface area (Å²) in [6, 6.07) is 14.0. The fourth-order valence-corrected chi connectivity index (χ4v) is 3.00. The van der Waals surface area contributed by atoms with Gasteiger partial charge in [0.05, 0.1) is 9.82 Å². The van der Waals surface area contributed by atoms with Gasteiger partial charge in [-0.3, -0.25) is 14.9 Å². The number of hydrogen-bond donors (Lipinski definition) is 1. The maximum absolute atomic E-state index is 12.1. The lowest BCUT2D eigenvalue weighted by Crippen LogP contribution is -2.25. The van der Waals surface area contributed by atoms with E-state index in [1.807, 2.05) is 30.3 Å². The van der Waals surface area contributed by atoms with Crippen LogP contribution in [0.3, 0.4) is 0 Å². The fraction of sp³-hybridized carbons (Fsp3) is 0.278. The first-order chi connectivity index (χ1) is 11.5. The molecule has 1 amide bonds. The molecule has 0 saturated carbocycles. The van der Waals surface area contributed by atoms with E-state index in [-0.39, 0.29) is 11.6 Å². The predicted molar refractivity (Wildman–Crippen MR) is 95.4 cm³/mol. The van der Waals surface area contributed by atoms with Gasteiger partial charge >= 0.3 is 0 Å². The van der Waals surface area contributed by atoms with Crippen LogP contribution in [0.15, 0.2) is 58.3 Å². The Morgan fingerprint density at radius 2 is 1.92 bits per heavy atom. The predicted octanol–water partition coefficient (Wildman–Crippen LogP) is 4.52. The average molecular weight is 344 g/mol. The molecule has 0 saturated heterocycles. The van der Waals surface area contributed by atoms with E-state index < -0.39 is 4.92 Å². The van der Waals surface area contributed by atoms with Gasteiger partial charge in [-0.2, -0.15) is 0 Å². The molecule has 1 N–H and O–H groups in total. The molecule has 2 rings (SSSR count). The number of carbonyl (C=O) groups excluding carboxylic acids is 1. The number of benzene rings is 2. The highest BCUT2D eigenvalue weighted by atomic mass is 32.2. The van der Waals surface area contributed by atoms with Crippen LogP contribution in [0.4, 0.5) is 5.69 Å². The summed E-state index contributed by atoms with van der Waals surface area (Å²) in [5.74, 6) is 0.208. The molecule has 6 heteroatoms. The molecule has 0 fully saturated rings. The zero-order valence-electron chi connectivity index (χ0n) is 13.7. The zero-order valence-corrected chi connectivity index (χ0v) is 14.5. The van der Waals surface area contributed by atoms with Crippen LogP contribution in [-0.4, -0.2) is 17.4 Å². The summed E-state index contributed by atoms with van der Waals surface area (Å²) in [4.78, 5) is 24.5. The number of rotatable bonds is 7. The van der Waals surface area contributed by atoms with E-state index >= 15 is 0 Å². The second-order valence-corrected chi connectivity index (χ2v) is 6.91. The van der Waals surface area contributed by atoms with Gasteiger partial charge in [0.2, 0.25) is 0 Å². The summed E-state index contributed by atoms with van der Waals surface area (Å²) < 4.78 is 0. The number of carbonyl (C=O) groups is 1. The summed E-state index contributed by atoms with van der Waals surface area (Å²) in [5.41, 5.74) is 0.253. The highest BCUT2D eigenvalue weighted by Crippen LogP contribution is 2.35. The lowest BCUT2D eigenvalue weighted by molar-refractivity contribution is -0.387. The molecule has 0 unspecified atom stereocenters. The van der Waals surface area contributed by atoms with Crippen molar-refractivity contribution in [3.05, 3.63) is 64.2 Å². The van der Waals surface area contributed by atoms with E-state index in [2.05, 4.69) is 19.2 Å². The normalized spacial score (nSPS) is 10.6. The Kier molecular flexibility index (Phi) is 6.37. The largest absolute Gasteiger partial charge is 0.352 e. The second-order valence-electron chi connectivity index (χ2n) is 5.79. The number of nitrogens with zero attached hydrogens (tertiary/aromatic N) is 1. The van der Waals surface area contributed by atoms with Crippen molar-refractivity contribution < 1.29 is 9.72 Å². The third-order valence-corrected chi connectivity index (χ3v) is 4.47. The van der Waals surface area contributed by atoms with Crippen molar-refractivity contribution in [3.63, 3.8) is 0 Å². The Labute approximate surface area is 145 Å². The highest BCUT2D eigenvalue weighted by Gasteiger charge is 2.18. The molecule has 0 aromatic heterocycles. The van der Waals surface area contributed by atoms with Crippen LogP contribution in [0.5, 0.6) is 0 Å². The summed E-state index contributed by atoms with van der Waals surface area (Å²) in [5, 5.41) is 14.1. The molecule has 0 heterocycles. The van der Waals surface area contributed by atoms with E-state index in [9.17, 15) is 14.9 Å². The maximum atomic E-state index is 12.1. The van der Waals surface area contributed by atoms with E-state index in [0.717, 1.165) is 11.3 Å². The van der Waals surface area contributed by atoms with E-state index in [4.69, 9.17) is 0 Å². The molecule has 0 radical (unpaired) electrons. The van der Waals surface area contributed by atoms with Gasteiger partial charge in [-0.1, -0.05) is 43.8 Å².